The van der Waals surface area contributed by atoms with Gasteiger partial charge in [0.25, 0.3) is 5.56 Å². The molecule has 3 aromatic heterocycles. The van der Waals surface area contributed by atoms with Crippen molar-refractivity contribution < 1.29 is 0 Å². The molecule has 4 aromatic rings. The van der Waals surface area contributed by atoms with Crippen LogP contribution in [0.3, 0.4) is 0 Å². The van der Waals surface area contributed by atoms with Crippen LogP contribution in [0.5, 0.6) is 0 Å². The van der Waals surface area contributed by atoms with Crippen LogP contribution in [0.2, 0.25) is 0 Å². The molecule has 0 atom stereocenters. The van der Waals surface area contributed by atoms with E-state index in [-0.39, 0.29) is 11.2 Å². The Hall–Kier alpha value is -3.29. The maximum Gasteiger partial charge on any atom is 0.332 e. The molecule has 0 aliphatic carbocycles. The van der Waals surface area contributed by atoms with Gasteiger partial charge in [-0.05, 0) is 32.4 Å². The van der Waals surface area contributed by atoms with Gasteiger partial charge in [-0.3, -0.25) is 18.3 Å². The molecule has 0 aliphatic heterocycles. The summed E-state index contributed by atoms with van der Waals surface area (Å²) in [4.78, 5) is 29.6. The maximum atomic E-state index is 12.7. The van der Waals surface area contributed by atoms with E-state index in [0.29, 0.717) is 16.9 Å². The van der Waals surface area contributed by atoms with Crippen LogP contribution in [-0.2, 0) is 20.6 Å². The Morgan fingerprint density at radius 3 is 2.43 bits per heavy atom. The maximum absolute atomic E-state index is 12.7. The Morgan fingerprint density at radius 1 is 1.00 bits per heavy atom. The Labute approximate surface area is 161 Å². The highest BCUT2D eigenvalue weighted by Gasteiger charge is 2.21. The van der Waals surface area contributed by atoms with E-state index in [9.17, 15) is 9.59 Å². The van der Waals surface area contributed by atoms with E-state index in [1.54, 1.807) is 7.05 Å². The van der Waals surface area contributed by atoms with Crippen molar-refractivity contribution in [3.05, 3.63) is 62.6 Å². The molecule has 0 unspecified atom stereocenters. The summed E-state index contributed by atoms with van der Waals surface area (Å²) in [5.41, 5.74) is 3.30. The molecule has 4 rings (SSSR count). The van der Waals surface area contributed by atoms with Gasteiger partial charge in [-0.2, -0.15) is 4.98 Å². The summed E-state index contributed by atoms with van der Waals surface area (Å²) in [5.74, 6) is 0.697. The lowest BCUT2D eigenvalue weighted by atomic mass is 10.3. The highest BCUT2D eigenvalue weighted by molar-refractivity contribution is 5.76. The monoisotopic (exact) mass is 380 g/mol. The summed E-state index contributed by atoms with van der Waals surface area (Å²) in [7, 11) is 3.14. The summed E-state index contributed by atoms with van der Waals surface area (Å²) in [6, 6.07) is 10.1. The van der Waals surface area contributed by atoms with Crippen molar-refractivity contribution in [1.29, 1.82) is 0 Å². The minimum Gasteiger partial charge on any atom is -0.385 e. The second-order valence-electron chi connectivity index (χ2n) is 7.09. The lowest BCUT2D eigenvalue weighted by molar-refractivity contribution is 0.659. The average Bonchev–Trinajstić information content (AvgIpc) is 3.20. The molecule has 1 aromatic carbocycles. The minimum absolute atomic E-state index is 0.323. The van der Waals surface area contributed by atoms with E-state index >= 15 is 0 Å². The number of aryl methyl sites for hydroxylation is 3. The number of fused-ring (bicyclic) bond motifs is 3. The average molecular weight is 380 g/mol. The van der Waals surface area contributed by atoms with E-state index < -0.39 is 0 Å². The highest BCUT2D eigenvalue weighted by Crippen LogP contribution is 2.20. The van der Waals surface area contributed by atoms with Crippen LogP contribution in [0, 0.1) is 13.8 Å². The number of para-hydroxylation sites is 1. The molecule has 0 bridgehead atoms. The molecule has 8 heteroatoms. The van der Waals surface area contributed by atoms with Crippen molar-refractivity contribution >= 4 is 22.6 Å². The summed E-state index contributed by atoms with van der Waals surface area (Å²) < 4.78 is 6.55. The third-order valence-corrected chi connectivity index (χ3v) is 5.41. The number of aromatic nitrogens is 5. The topological polar surface area (TPSA) is 78.3 Å². The minimum atomic E-state index is -0.369. The molecule has 0 amide bonds. The van der Waals surface area contributed by atoms with E-state index in [1.807, 2.05) is 48.6 Å². The van der Waals surface area contributed by atoms with Crippen molar-refractivity contribution in [3.8, 4) is 0 Å². The van der Waals surface area contributed by atoms with Gasteiger partial charge < -0.3 is 9.88 Å². The number of rotatable bonds is 5. The highest BCUT2D eigenvalue weighted by atomic mass is 16.2. The lowest BCUT2D eigenvalue weighted by Crippen LogP contribution is -2.37. The Morgan fingerprint density at radius 2 is 1.71 bits per heavy atom. The first-order valence-electron chi connectivity index (χ1n) is 9.34. The van der Waals surface area contributed by atoms with Crippen molar-refractivity contribution in [2.45, 2.75) is 26.8 Å². The van der Waals surface area contributed by atoms with Crippen molar-refractivity contribution in [2.24, 2.45) is 14.1 Å². The third-order valence-electron chi connectivity index (χ3n) is 5.41. The van der Waals surface area contributed by atoms with Gasteiger partial charge in [0.05, 0.1) is 0 Å². The number of anilines is 1. The van der Waals surface area contributed by atoms with E-state index in [0.717, 1.165) is 41.2 Å². The zero-order valence-corrected chi connectivity index (χ0v) is 16.6. The van der Waals surface area contributed by atoms with Crippen LogP contribution < -0.4 is 16.6 Å². The van der Waals surface area contributed by atoms with Crippen molar-refractivity contribution in [3.63, 3.8) is 0 Å². The third kappa shape index (κ3) is 2.64. The van der Waals surface area contributed by atoms with Gasteiger partial charge in [0, 0.05) is 44.3 Å². The summed E-state index contributed by atoms with van der Waals surface area (Å²) in [6.45, 7) is 5.60. The molecule has 0 aliphatic rings. The zero-order valence-electron chi connectivity index (χ0n) is 16.6. The zero-order chi connectivity index (χ0) is 20.0. The van der Waals surface area contributed by atoms with Gasteiger partial charge in [0.2, 0.25) is 5.78 Å². The van der Waals surface area contributed by atoms with E-state index in [1.165, 1.54) is 11.6 Å². The molecular weight excluding hydrogens is 356 g/mol. The summed E-state index contributed by atoms with van der Waals surface area (Å²) in [5, 5.41) is 3.41. The molecular formula is C20H24N6O2. The standard InChI is InChI=1S/C20H24N6O2/c1-13-14(2)26-16-17(23(3)20(28)24(4)18(16)27)22-19(26)25(13)12-8-11-21-15-9-6-5-7-10-15/h5-7,9-10,21H,8,11-12H2,1-4H3. The Kier molecular flexibility index (Phi) is 4.33. The van der Waals surface area contributed by atoms with E-state index in [4.69, 9.17) is 0 Å². The molecule has 0 saturated carbocycles. The smallest absolute Gasteiger partial charge is 0.332 e. The molecule has 0 fully saturated rings. The molecule has 0 saturated heterocycles. The Balaban J connectivity index is 1.72. The fourth-order valence-electron chi connectivity index (χ4n) is 3.68. The predicted octanol–water partition coefficient (Wildman–Crippen LogP) is 1.81. The van der Waals surface area contributed by atoms with Gasteiger partial charge in [0.15, 0.2) is 11.2 Å². The fraction of sp³-hybridized carbons (Fsp3) is 0.350. The number of nitrogens with zero attached hydrogens (tertiary/aromatic N) is 5. The summed E-state index contributed by atoms with van der Waals surface area (Å²) >= 11 is 0. The molecule has 0 radical (unpaired) electrons. The van der Waals surface area contributed by atoms with Gasteiger partial charge in [0.1, 0.15) is 0 Å². The van der Waals surface area contributed by atoms with Gasteiger partial charge in [-0.15, -0.1) is 0 Å². The molecule has 28 heavy (non-hydrogen) atoms. The first-order valence-corrected chi connectivity index (χ1v) is 9.34. The van der Waals surface area contributed by atoms with Gasteiger partial charge in [-0.1, -0.05) is 18.2 Å². The van der Waals surface area contributed by atoms with Gasteiger partial charge >= 0.3 is 5.69 Å². The fourth-order valence-corrected chi connectivity index (χ4v) is 3.68. The second-order valence-corrected chi connectivity index (χ2v) is 7.09. The number of nitrogens with one attached hydrogen (secondary N) is 1. The first-order chi connectivity index (χ1) is 13.4. The Bertz CT molecular complexity index is 1290. The van der Waals surface area contributed by atoms with Crippen LogP contribution >= 0.6 is 0 Å². The number of benzene rings is 1. The normalized spacial score (nSPS) is 11.6. The lowest BCUT2D eigenvalue weighted by Gasteiger charge is -2.08. The largest absolute Gasteiger partial charge is 0.385 e. The van der Waals surface area contributed by atoms with Gasteiger partial charge in [-0.25, -0.2) is 4.79 Å². The van der Waals surface area contributed by atoms with E-state index in [2.05, 4.69) is 14.9 Å². The number of hydrogen-bond acceptors (Lipinski definition) is 4. The van der Waals surface area contributed by atoms with Crippen LogP contribution in [0.1, 0.15) is 17.8 Å². The molecule has 3 heterocycles. The molecule has 1 N–H and O–H groups in total. The van der Waals surface area contributed by atoms with Crippen LogP contribution in [0.25, 0.3) is 16.9 Å². The van der Waals surface area contributed by atoms with Crippen molar-refractivity contribution in [1.82, 2.24) is 23.1 Å². The quantitative estimate of drug-likeness (QED) is 0.536. The number of hydrogen-bond donors (Lipinski definition) is 1. The SMILES string of the molecule is Cc1c(C)n2c3c(=O)n(C)c(=O)n(C)c3nc2n1CCCNc1ccccc1. The first kappa shape index (κ1) is 18.1. The van der Waals surface area contributed by atoms with Crippen molar-refractivity contribution in [2.75, 3.05) is 11.9 Å². The molecule has 0 spiro atoms. The van der Waals surface area contributed by atoms with Crippen LogP contribution in [0.15, 0.2) is 39.9 Å². The van der Waals surface area contributed by atoms with Crippen LogP contribution in [0.4, 0.5) is 5.69 Å². The van der Waals surface area contributed by atoms with Crippen LogP contribution in [-0.4, -0.2) is 29.6 Å². The summed E-state index contributed by atoms with van der Waals surface area (Å²) in [6.07, 6.45) is 0.902. The predicted molar refractivity (Wildman–Crippen MR) is 110 cm³/mol. The second kappa shape index (κ2) is 6.70. The number of imidazole rings is 2. The molecule has 146 valence electrons. The molecule has 8 nitrogen and oxygen atoms in total.